The highest BCUT2D eigenvalue weighted by Gasteiger charge is 2.14. The normalized spacial score (nSPS) is 11.8. The molecule has 120 valence electrons. The van der Waals surface area contributed by atoms with Crippen LogP contribution in [-0.4, -0.2) is 0 Å². The van der Waals surface area contributed by atoms with Crippen LogP contribution in [-0.2, 0) is 0 Å². The standard InChI is InChI=1S/C23H14BrCl/c1-13-12-16(25)6-10-17(13)18-7-2-14-4-9-20-21(24)11-5-15-3-8-19(18)22(14)23(15)20/h2-12H,1H3. The first-order chi connectivity index (χ1) is 12.1. The Morgan fingerprint density at radius 1 is 0.680 bits per heavy atom. The van der Waals surface area contributed by atoms with Crippen LogP contribution in [0.15, 0.2) is 71.2 Å². The van der Waals surface area contributed by atoms with Gasteiger partial charge in [-0.15, -0.1) is 0 Å². The average Bonchev–Trinajstić information content (AvgIpc) is 2.61. The van der Waals surface area contributed by atoms with Crippen LogP contribution < -0.4 is 0 Å². The van der Waals surface area contributed by atoms with Crippen LogP contribution in [0.2, 0.25) is 5.02 Å². The molecule has 0 atom stereocenters. The minimum absolute atomic E-state index is 0.780. The smallest absolute Gasteiger partial charge is 0.0409 e. The van der Waals surface area contributed by atoms with Crippen molar-refractivity contribution in [2.45, 2.75) is 6.92 Å². The average molecular weight is 406 g/mol. The monoisotopic (exact) mass is 404 g/mol. The van der Waals surface area contributed by atoms with Gasteiger partial charge < -0.3 is 0 Å². The third-order valence-electron chi connectivity index (χ3n) is 5.09. The molecule has 0 bridgehead atoms. The molecular formula is C23H14BrCl. The first-order valence-electron chi connectivity index (χ1n) is 8.26. The summed E-state index contributed by atoms with van der Waals surface area (Å²) >= 11 is 9.87. The molecule has 5 rings (SSSR count). The molecule has 5 aromatic carbocycles. The van der Waals surface area contributed by atoms with Crippen LogP contribution in [0.1, 0.15) is 5.56 Å². The molecule has 0 amide bonds. The summed E-state index contributed by atoms with van der Waals surface area (Å²) in [7, 11) is 0. The number of hydrogen-bond donors (Lipinski definition) is 0. The van der Waals surface area contributed by atoms with E-state index in [9.17, 15) is 0 Å². The fourth-order valence-electron chi connectivity index (χ4n) is 3.93. The van der Waals surface area contributed by atoms with Gasteiger partial charge in [0.2, 0.25) is 0 Å². The molecule has 0 aliphatic rings. The number of rotatable bonds is 1. The Balaban J connectivity index is 1.98. The Bertz CT molecular complexity index is 1270. The molecule has 2 heteroatoms. The van der Waals surface area contributed by atoms with Gasteiger partial charge in [0.25, 0.3) is 0 Å². The number of aryl methyl sites for hydroxylation is 1. The molecule has 0 radical (unpaired) electrons. The summed E-state index contributed by atoms with van der Waals surface area (Å²) in [4.78, 5) is 0. The van der Waals surface area contributed by atoms with Crippen LogP contribution in [0.4, 0.5) is 0 Å². The largest absolute Gasteiger partial charge is 0.0843 e. The summed E-state index contributed by atoms with van der Waals surface area (Å²) in [5.41, 5.74) is 3.70. The highest BCUT2D eigenvalue weighted by Crippen LogP contribution is 2.41. The van der Waals surface area contributed by atoms with Gasteiger partial charge in [0.1, 0.15) is 0 Å². The lowest BCUT2D eigenvalue weighted by atomic mass is 9.89. The highest BCUT2D eigenvalue weighted by molar-refractivity contribution is 9.10. The van der Waals surface area contributed by atoms with E-state index >= 15 is 0 Å². The molecule has 25 heavy (non-hydrogen) atoms. The van der Waals surface area contributed by atoms with Crippen molar-refractivity contribution in [3.05, 3.63) is 81.8 Å². The van der Waals surface area contributed by atoms with Gasteiger partial charge in [0.05, 0.1) is 0 Å². The molecule has 0 heterocycles. The first kappa shape index (κ1) is 15.2. The fourth-order valence-corrected chi connectivity index (χ4v) is 4.62. The molecule has 5 aromatic rings. The zero-order chi connectivity index (χ0) is 17.1. The predicted octanol–water partition coefficient (Wildman–Crippen LogP) is 7.98. The summed E-state index contributed by atoms with van der Waals surface area (Å²) in [6, 6.07) is 23.8. The summed E-state index contributed by atoms with van der Waals surface area (Å²) in [6.45, 7) is 2.12. The van der Waals surface area contributed by atoms with E-state index in [-0.39, 0.29) is 0 Å². The first-order valence-corrected chi connectivity index (χ1v) is 9.43. The molecule has 0 N–H and O–H groups in total. The third kappa shape index (κ3) is 2.19. The summed E-state index contributed by atoms with van der Waals surface area (Å²) in [5.74, 6) is 0. The second-order valence-electron chi connectivity index (χ2n) is 6.54. The summed E-state index contributed by atoms with van der Waals surface area (Å²) in [5, 5.41) is 8.56. The van der Waals surface area contributed by atoms with E-state index in [0.29, 0.717) is 0 Å². The Hall–Kier alpha value is -2.09. The zero-order valence-electron chi connectivity index (χ0n) is 13.6. The fraction of sp³-hybridized carbons (Fsp3) is 0.0435. The maximum Gasteiger partial charge on any atom is 0.0409 e. The van der Waals surface area contributed by atoms with Gasteiger partial charge in [-0.3, -0.25) is 0 Å². The Morgan fingerprint density at radius 2 is 1.28 bits per heavy atom. The van der Waals surface area contributed by atoms with Gasteiger partial charge in [-0.25, -0.2) is 0 Å². The van der Waals surface area contributed by atoms with Crippen LogP contribution in [0, 0.1) is 6.92 Å². The second-order valence-corrected chi connectivity index (χ2v) is 7.83. The van der Waals surface area contributed by atoms with Gasteiger partial charge in [-0.2, -0.15) is 0 Å². The lowest BCUT2D eigenvalue weighted by Gasteiger charge is -2.16. The minimum atomic E-state index is 0.780. The molecule has 0 aliphatic carbocycles. The molecule has 0 spiro atoms. The second kappa shape index (κ2) is 5.45. The van der Waals surface area contributed by atoms with Crippen LogP contribution in [0.3, 0.4) is 0 Å². The maximum absolute atomic E-state index is 6.16. The topological polar surface area (TPSA) is 0 Å². The molecule has 0 aromatic heterocycles. The molecule has 0 nitrogen and oxygen atoms in total. The molecule has 0 saturated carbocycles. The molecule has 0 fully saturated rings. The van der Waals surface area contributed by atoms with Gasteiger partial charge >= 0.3 is 0 Å². The summed E-state index contributed by atoms with van der Waals surface area (Å²) in [6.07, 6.45) is 0. The quantitative estimate of drug-likeness (QED) is 0.248. The van der Waals surface area contributed by atoms with Crippen molar-refractivity contribution in [2.24, 2.45) is 0 Å². The van der Waals surface area contributed by atoms with Crippen molar-refractivity contribution in [3.63, 3.8) is 0 Å². The van der Waals surface area contributed by atoms with Crippen molar-refractivity contribution >= 4 is 59.8 Å². The molecular weight excluding hydrogens is 392 g/mol. The molecule has 0 aliphatic heterocycles. The van der Waals surface area contributed by atoms with Gasteiger partial charge in [-0.05, 0) is 74.1 Å². The number of halogens is 2. The lowest BCUT2D eigenvalue weighted by Crippen LogP contribution is -1.89. The molecule has 0 saturated heterocycles. The van der Waals surface area contributed by atoms with Gasteiger partial charge in [0.15, 0.2) is 0 Å². The van der Waals surface area contributed by atoms with Crippen LogP contribution in [0.5, 0.6) is 0 Å². The van der Waals surface area contributed by atoms with E-state index in [1.54, 1.807) is 0 Å². The van der Waals surface area contributed by atoms with E-state index in [1.165, 1.54) is 49.0 Å². The van der Waals surface area contributed by atoms with Crippen LogP contribution >= 0.6 is 27.5 Å². The van der Waals surface area contributed by atoms with E-state index in [1.807, 2.05) is 12.1 Å². The van der Waals surface area contributed by atoms with E-state index in [4.69, 9.17) is 11.6 Å². The van der Waals surface area contributed by atoms with Crippen molar-refractivity contribution in [1.82, 2.24) is 0 Å². The highest BCUT2D eigenvalue weighted by atomic mass is 79.9. The van der Waals surface area contributed by atoms with Crippen LogP contribution in [0.25, 0.3) is 43.4 Å². The van der Waals surface area contributed by atoms with Crippen molar-refractivity contribution in [2.75, 3.05) is 0 Å². The number of benzene rings is 5. The van der Waals surface area contributed by atoms with Gasteiger partial charge in [0, 0.05) is 9.50 Å². The maximum atomic E-state index is 6.16. The predicted molar refractivity (Wildman–Crippen MR) is 113 cm³/mol. The van der Waals surface area contributed by atoms with Crippen molar-refractivity contribution < 1.29 is 0 Å². The Labute approximate surface area is 159 Å². The Kier molecular flexibility index (Phi) is 3.31. The van der Waals surface area contributed by atoms with E-state index in [2.05, 4.69) is 77.5 Å². The molecule has 0 unspecified atom stereocenters. The van der Waals surface area contributed by atoms with E-state index in [0.717, 1.165) is 9.50 Å². The lowest BCUT2D eigenvalue weighted by molar-refractivity contribution is 1.47. The van der Waals surface area contributed by atoms with E-state index < -0.39 is 0 Å². The zero-order valence-corrected chi connectivity index (χ0v) is 15.9. The van der Waals surface area contributed by atoms with Crippen molar-refractivity contribution in [3.8, 4) is 11.1 Å². The van der Waals surface area contributed by atoms with Crippen molar-refractivity contribution in [1.29, 1.82) is 0 Å². The SMILES string of the molecule is Cc1cc(Cl)ccc1-c1ccc2ccc3c(Br)ccc4ccc1c2c43. The Morgan fingerprint density at radius 3 is 2.04 bits per heavy atom. The summed E-state index contributed by atoms with van der Waals surface area (Å²) < 4.78 is 1.14. The minimum Gasteiger partial charge on any atom is -0.0843 e. The van der Waals surface area contributed by atoms with Gasteiger partial charge in [-0.1, -0.05) is 76.1 Å². The number of hydrogen-bond acceptors (Lipinski definition) is 0. The third-order valence-corrected chi connectivity index (χ3v) is 6.02.